The maximum Gasteiger partial charge on any atom is 0.258 e. The molecule has 3 aromatic rings. The van der Waals surface area contributed by atoms with Crippen LogP contribution in [0.1, 0.15) is 67.0 Å². The summed E-state index contributed by atoms with van der Waals surface area (Å²) < 4.78 is 23.0. The van der Waals surface area contributed by atoms with Gasteiger partial charge in [0, 0.05) is 30.4 Å². The van der Waals surface area contributed by atoms with Crippen molar-refractivity contribution < 1.29 is 13.9 Å². The van der Waals surface area contributed by atoms with E-state index in [2.05, 4.69) is 10.3 Å². The molecule has 4 rings (SSSR count). The molecule has 1 amide bonds. The Labute approximate surface area is 191 Å². The van der Waals surface area contributed by atoms with Gasteiger partial charge in [-0.15, -0.1) is 0 Å². The number of carbonyl (C=O) groups excluding carboxylic acids is 1. The van der Waals surface area contributed by atoms with Gasteiger partial charge in [-0.3, -0.25) is 9.20 Å². The molecule has 2 aromatic heterocycles. The van der Waals surface area contributed by atoms with Crippen LogP contribution in [0.2, 0.25) is 5.02 Å². The SMILES string of the molecule is Cc1nc(C(C)c2cc(Cl)c(F)c(C(=O)NCC3CC3)c2OC(C)C)n2ccnc(N)c12. The Bertz CT molecular complexity index is 1190. The van der Waals surface area contributed by atoms with Crippen LogP contribution in [0.4, 0.5) is 10.2 Å². The second-order valence-electron chi connectivity index (χ2n) is 8.59. The zero-order valence-corrected chi connectivity index (χ0v) is 19.3. The van der Waals surface area contributed by atoms with E-state index in [9.17, 15) is 4.79 Å². The highest BCUT2D eigenvalue weighted by Crippen LogP contribution is 2.40. The van der Waals surface area contributed by atoms with Gasteiger partial charge in [0.1, 0.15) is 28.5 Å². The fourth-order valence-corrected chi connectivity index (χ4v) is 4.09. The fraction of sp³-hybridized carbons (Fsp3) is 0.435. The molecule has 0 bridgehead atoms. The molecule has 1 fully saturated rings. The van der Waals surface area contributed by atoms with Gasteiger partial charge in [0.25, 0.3) is 5.91 Å². The first-order chi connectivity index (χ1) is 15.2. The average molecular weight is 460 g/mol. The second kappa shape index (κ2) is 8.58. The highest BCUT2D eigenvalue weighted by atomic mass is 35.5. The smallest absolute Gasteiger partial charge is 0.258 e. The number of anilines is 1. The quantitative estimate of drug-likeness (QED) is 0.542. The summed E-state index contributed by atoms with van der Waals surface area (Å²) in [6, 6.07) is 1.51. The van der Waals surface area contributed by atoms with Gasteiger partial charge in [-0.2, -0.15) is 0 Å². The molecule has 0 saturated heterocycles. The molecule has 170 valence electrons. The molecule has 1 aromatic carbocycles. The number of ether oxygens (including phenoxy) is 1. The monoisotopic (exact) mass is 459 g/mol. The summed E-state index contributed by atoms with van der Waals surface area (Å²) in [4.78, 5) is 21.8. The summed E-state index contributed by atoms with van der Waals surface area (Å²) in [7, 11) is 0. The largest absolute Gasteiger partial charge is 0.490 e. The van der Waals surface area contributed by atoms with Crippen LogP contribution in [0.25, 0.3) is 5.52 Å². The molecule has 3 N–H and O–H groups in total. The van der Waals surface area contributed by atoms with Crippen molar-refractivity contribution in [3.63, 3.8) is 0 Å². The molecule has 0 radical (unpaired) electrons. The molecular weight excluding hydrogens is 433 g/mol. The Morgan fingerprint density at radius 1 is 1.41 bits per heavy atom. The second-order valence-corrected chi connectivity index (χ2v) is 9.00. The van der Waals surface area contributed by atoms with E-state index in [4.69, 9.17) is 27.1 Å². The van der Waals surface area contributed by atoms with E-state index < -0.39 is 11.7 Å². The molecule has 0 aliphatic heterocycles. The molecule has 0 spiro atoms. The minimum absolute atomic E-state index is 0.140. The number of carbonyl (C=O) groups is 1. The van der Waals surface area contributed by atoms with Crippen molar-refractivity contribution in [1.29, 1.82) is 0 Å². The number of nitrogen functional groups attached to an aromatic ring is 1. The maximum atomic E-state index is 15.1. The Kier molecular flexibility index (Phi) is 5.99. The van der Waals surface area contributed by atoms with Crippen LogP contribution in [-0.2, 0) is 0 Å². The van der Waals surface area contributed by atoms with E-state index in [-0.39, 0.29) is 28.4 Å². The van der Waals surface area contributed by atoms with Gasteiger partial charge < -0.3 is 15.8 Å². The van der Waals surface area contributed by atoms with Crippen LogP contribution < -0.4 is 15.8 Å². The lowest BCUT2D eigenvalue weighted by molar-refractivity contribution is 0.0941. The van der Waals surface area contributed by atoms with E-state index in [0.29, 0.717) is 35.2 Å². The number of hydrogen-bond acceptors (Lipinski definition) is 5. The normalized spacial score (nSPS) is 14.7. The number of fused-ring (bicyclic) bond motifs is 1. The molecule has 32 heavy (non-hydrogen) atoms. The summed E-state index contributed by atoms with van der Waals surface area (Å²) in [6.07, 6.45) is 5.23. The average Bonchev–Trinajstić information content (AvgIpc) is 3.50. The predicted molar refractivity (Wildman–Crippen MR) is 122 cm³/mol. The van der Waals surface area contributed by atoms with E-state index in [0.717, 1.165) is 18.5 Å². The van der Waals surface area contributed by atoms with E-state index in [1.165, 1.54) is 6.07 Å². The van der Waals surface area contributed by atoms with Gasteiger partial charge in [-0.1, -0.05) is 18.5 Å². The number of hydrogen-bond donors (Lipinski definition) is 2. The number of amides is 1. The number of nitrogens with zero attached hydrogens (tertiary/aromatic N) is 3. The summed E-state index contributed by atoms with van der Waals surface area (Å²) in [5, 5.41) is 2.69. The molecule has 9 heteroatoms. The Hall–Kier alpha value is -2.87. The first kappa shape index (κ1) is 22.3. The number of halogens is 2. The lowest BCUT2D eigenvalue weighted by Gasteiger charge is -2.22. The van der Waals surface area contributed by atoms with Gasteiger partial charge in [0.15, 0.2) is 5.82 Å². The zero-order chi connectivity index (χ0) is 23.2. The summed E-state index contributed by atoms with van der Waals surface area (Å²) in [6.45, 7) is 7.92. The van der Waals surface area contributed by atoms with Crippen molar-refractivity contribution in [1.82, 2.24) is 19.7 Å². The number of nitrogens with two attached hydrogens (primary N) is 1. The lowest BCUT2D eigenvalue weighted by Crippen LogP contribution is -2.28. The minimum atomic E-state index is -0.788. The highest BCUT2D eigenvalue weighted by Gasteiger charge is 2.31. The van der Waals surface area contributed by atoms with E-state index >= 15 is 4.39 Å². The van der Waals surface area contributed by atoms with Crippen LogP contribution in [0.15, 0.2) is 18.5 Å². The molecule has 1 aliphatic carbocycles. The van der Waals surface area contributed by atoms with Crippen molar-refractivity contribution in [3.05, 3.63) is 51.9 Å². The summed E-state index contributed by atoms with van der Waals surface area (Å²) >= 11 is 6.26. The maximum absolute atomic E-state index is 15.1. The van der Waals surface area contributed by atoms with Gasteiger partial charge in [0.2, 0.25) is 0 Å². The Balaban J connectivity index is 1.86. The lowest BCUT2D eigenvalue weighted by atomic mass is 9.95. The molecule has 2 heterocycles. The van der Waals surface area contributed by atoms with Crippen LogP contribution in [-0.4, -0.2) is 32.9 Å². The fourth-order valence-electron chi connectivity index (χ4n) is 3.88. The first-order valence-corrected chi connectivity index (χ1v) is 11.1. The standard InChI is InChI=1S/C23H27ClFN5O2/c1-11(2)32-20-15(9-16(24)18(25)17(20)23(31)28-10-14-5-6-14)12(3)22-29-13(4)19-21(26)27-7-8-30(19)22/h7-9,11-12,14H,5-6,10H2,1-4H3,(H2,26,27)(H,28,31). The van der Waals surface area contributed by atoms with Gasteiger partial charge in [0.05, 0.1) is 16.8 Å². The third-order valence-electron chi connectivity index (χ3n) is 5.67. The topological polar surface area (TPSA) is 94.5 Å². The molecule has 1 unspecified atom stereocenters. The van der Waals surface area contributed by atoms with Crippen LogP contribution >= 0.6 is 11.6 Å². The van der Waals surface area contributed by atoms with Gasteiger partial charge >= 0.3 is 0 Å². The Morgan fingerprint density at radius 3 is 2.78 bits per heavy atom. The molecular formula is C23H27ClFN5O2. The van der Waals surface area contributed by atoms with Crippen LogP contribution in [0.5, 0.6) is 5.75 Å². The highest BCUT2D eigenvalue weighted by molar-refractivity contribution is 6.31. The van der Waals surface area contributed by atoms with Gasteiger partial charge in [-0.05, 0) is 45.6 Å². The third-order valence-corrected chi connectivity index (χ3v) is 5.94. The van der Waals surface area contributed by atoms with E-state index in [1.54, 1.807) is 12.4 Å². The van der Waals surface area contributed by atoms with Crippen molar-refractivity contribution >= 4 is 28.8 Å². The van der Waals surface area contributed by atoms with Crippen molar-refractivity contribution in [2.45, 2.75) is 52.6 Å². The molecule has 1 aliphatic rings. The minimum Gasteiger partial charge on any atom is -0.490 e. The van der Waals surface area contributed by atoms with Gasteiger partial charge in [-0.25, -0.2) is 14.4 Å². The first-order valence-electron chi connectivity index (χ1n) is 10.7. The van der Waals surface area contributed by atoms with Crippen molar-refractivity contribution in [2.75, 3.05) is 12.3 Å². The predicted octanol–water partition coefficient (Wildman–Crippen LogP) is 4.49. The number of rotatable bonds is 7. The Morgan fingerprint density at radius 2 is 2.12 bits per heavy atom. The van der Waals surface area contributed by atoms with Crippen LogP contribution in [0.3, 0.4) is 0 Å². The third kappa shape index (κ3) is 4.11. The number of benzene rings is 1. The number of nitrogens with one attached hydrogen (secondary N) is 1. The van der Waals surface area contributed by atoms with Crippen LogP contribution in [0, 0.1) is 18.7 Å². The van der Waals surface area contributed by atoms with E-state index in [1.807, 2.05) is 32.1 Å². The summed E-state index contributed by atoms with van der Waals surface area (Å²) in [5.41, 5.74) is 7.88. The molecule has 1 atom stereocenters. The van der Waals surface area contributed by atoms with Crippen molar-refractivity contribution in [2.24, 2.45) is 5.92 Å². The molecule has 7 nitrogen and oxygen atoms in total. The number of aromatic nitrogens is 3. The number of imidazole rings is 1. The molecule has 1 saturated carbocycles. The zero-order valence-electron chi connectivity index (χ0n) is 18.6. The summed E-state index contributed by atoms with van der Waals surface area (Å²) in [5.74, 6) is -0.0341. The number of aryl methyl sites for hydroxylation is 1. The van der Waals surface area contributed by atoms with Crippen molar-refractivity contribution in [3.8, 4) is 5.75 Å².